The summed E-state index contributed by atoms with van der Waals surface area (Å²) in [5, 5.41) is 20.9. The summed E-state index contributed by atoms with van der Waals surface area (Å²) in [6.07, 6.45) is 0.649. The first kappa shape index (κ1) is 28.9. The number of imidazole rings is 1. The van der Waals surface area contributed by atoms with Gasteiger partial charge in [-0.25, -0.2) is 9.36 Å². The minimum atomic E-state index is -5.08. The fourth-order valence-corrected chi connectivity index (χ4v) is 4.46. The van der Waals surface area contributed by atoms with Crippen molar-refractivity contribution in [2.24, 2.45) is 5.92 Å². The summed E-state index contributed by atoms with van der Waals surface area (Å²) < 4.78 is 39.2. The standard InChI is InChI=1S/C22H29N5O4.C2HF3O2/c1-22(2)12-17-4-3-5-18(20(17)31-22)14-25-9-6-16(7-10-25)13-24-19(28)15-26-11-8-23-21(26)27(29)30;3-2(4,5)1(6)7/h3-5,8,11,16H,6-7,9-10,12-15H2,1-2H3,(H,24,28);(H,6,7). The van der Waals surface area contributed by atoms with E-state index in [1.165, 1.54) is 28.1 Å². The molecule has 0 bridgehead atoms. The average molecular weight is 542 g/mol. The van der Waals surface area contributed by atoms with Crippen LogP contribution in [-0.2, 0) is 29.1 Å². The van der Waals surface area contributed by atoms with E-state index in [4.69, 9.17) is 14.6 Å². The molecule has 11 nitrogen and oxygen atoms in total. The molecule has 2 N–H and O–H groups in total. The van der Waals surface area contributed by atoms with Crippen molar-refractivity contribution in [1.82, 2.24) is 19.8 Å². The molecule has 0 saturated carbocycles. The number of likely N-dealkylation sites (tertiary alicyclic amines) is 1. The van der Waals surface area contributed by atoms with E-state index in [0.29, 0.717) is 12.5 Å². The smallest absolute Gasteiger partial charge is 0.487 e. The van der Waals surface area contributed by atoms with Gasteiger partial charge in [-0.05, 0) is 56.2 Å². The zero-order chi connectivity index (χ0) is 28.1. The second-order valence-corrected chi connectivity index (χ2v) is 9.88. The molecule has 14 heteroatoms. The molecule has 1 aromatic heterocycles. The number of carboxylic acids is 1. The number of hydrogen-bond donors (Lipinski definition) is 2. The van der Waals surface area contributed by atoms with Crippen molar-refractivity contribution in [2.75, 3.05) is 19.6 Å². The Labute approximate surface area is 216 Å². The van der Waals surface area contributed by atoms with Gasteiger partial charge >= 0.3 is 18.1 Å². The molecule has 2 aliphatic rings. The van der Waals surface area contributed by atoms with E-state index >= 15 is 0 Å². The number of hydrogen-bond acceptors (Lipinski definition) is 7. The summed E-state index contributed by atoms with van der Waals surface area (Å²) in [5.41, 5.74) is 2.40. The predicted molar refractivity (Wildman–Crippen MR) is 128 cm³/mol. The van der Waals surface area contributed by atoms with Crippen LogP contribution in [0.1, 0.15) is 37.8 Å². The number of piperidine rings is 1. The van der Waals surface area contributed by atoms with Crippen LogP contribution < -0.4 is 10.1 Å². The molecule has 0 unspecified atom stereocenters. The maximum absolute atomic E-state index is 12.2. The Morgan fingerprint density at radius 1 is 1.29 bits per heavy atom. The Balaban J connectivity index is 0.000000505. The first-order chi connectivity index (χ1) is 17.7. The number of aromatic nitrogens is 2. The molecule has 0 radical (unpaired) electrons. The number of fused-ring (bicyclic) bond motifs is 1. The molecule has 2 aromatic rings. The van der Waals surface area contributed by atoms with Gasteiger partial charge in [-0.15, -0.1) is 0 Å². The number of nitro groups is 1. The van der Waals surface area contributed by atoms with Crippen molar-refractivity contribution in [1.29, 1.82) is 0 Å². The van der Waals surface area contributed by atoms with Crippen LogP contribution in [0.2, 0.25) is 0 Å². The molecule has 208 valence electrons. The van der Waals surface area contributed by atoms with Crippen LogP contribution in [0.5, 0.6) is 5.75 Å². The number of para-hydroxylation sites is 1. The summed E-state index contributed by atoms with van der Waals surface area (Å²) in [4.78, 5) is 37.5. The van der Waals surface area contributed by atoms with Crippen LogP contribution in [0, 0.1) is 16.0 Å². The Morgan fingerprint density at radius 3 is 2.55 bits per heavy atom. The third-order valence-corrected chi connectivity index (χ3v) is 6.27. The molecular formula is C24H30F3N5O6. The maximum Gasteiger partial charge on any atom is 0.490 e. The Morgan fingerprint density at radius 2 is 1.95 bits per heavy atom. The van der Waals surface area contributed by atoms with Crippen molar-refractivity contribution in [2.45, 2.75) is 58.0 Å². The van der Waals surface area contributed by atoms with E-state index < -0.39 is 17.1 Å². The first-order valence-electron chi connectivity index (χ1n) is 12.0. The van der Waals surface area contributed by atoms with Crippen LogP contribution in [0.3, 0.4) is 0 Å². The normalized spacial score (nSPS) is 17.1. The van der Waals surface area contributed by atoms with E-state index in [1.54, 1.807) is 0 Å². The highest BCUT2D eigenvalue weighted by molar-refractivity contribution is 5.76. The topological polar surface area (TPSA) is 140 Å². The predicted octanol–water partition coefficient (Wildman–Crippen LogP) is 3.17. The van der Waals surface area contributed by atoms with Gasteiger partial charge in [0.25, 0.3) is 5.91 Å². The first-order valence-corrected chi connectivity index (χ1v) is 12.0. The Bertz CT molecular complexity index is 1160. The number of amides is 1. The molecule has 1 saturated heterocycles. The monoisotopic (exact) mass is 541 g/mol. The van der Waals surface area contributed by atoms with Crippen molar-refractivity contribution < 1.29 is 37.5 Å². The summed E-state index contributed by atoms with van der Waals surface area (Å²) in [7, 11) is 0. The molecule has 0 spiro atoms. The number of carboxylic acid groups (broad SMARTS) is 1. The molecule has 3 heterocycles. The molecule has 0 aliphatic carbocycles. The van der Waals surface area contributed by atoms with E-state index in [9.17, 15) is 28.1 Å². The number of benzene rings is 1. The van der Waals surface area contributed by atoms with Crippen LogP contribution in [0.4, 0.5) is 19.1 Å². The number of aliphatic carboxylic acids is 1. The van der Waals surface area contributed by atoms with Gasteiger partial charge < -0.3 is 25.3 Å². The molecular weight excluding hydrogens is 511 g/mol. The number of halogens is 3. The zero-order valence-electron chi connectivity index (χ0n) is 21.0. The number of ether oxygens (including phenoxy) is 1. The number of nitrogens with one attached hydrogen (secondary N) is 1. The SMILES string of the molecule is CC1(C)Cc2cccc(CN3CCC(CNC(=O)Cn4ccnc4[N+](=O)[O-])CC3)c2O1.O=C(O)C(F)(F)F. The van der Waals surface area contributed by atoms with Gasteiger partial charge in [-0.2, -0.15) is 13.2 Å². The minimum Gasteiger partial charge on any atom is -0.487 e. The fraction of sp³-hybridized carbons (Fsp3) is 0.542. The summed E-state index contributed by atoms with van der Waals surface area (Å²) >= 11 is 0. The van der Waals surface area contributed by atoms with Crippen LogP contribution in [0.15, 0.2) is 30.6 Å². The number of alkyl halides is 3. The van der Waals surface area contributed by atoms with Gasteiger partial charge in [0, 0.05) is 25.1 Å². The van der Waals surface area contributed by atoms with Crippen molar-refractivity contribution in [3.63, 3.8) is 0 Å². The summed E-state index contributed by atoms with van der Waals surface area (Å²) in [5.74, 6) is -1.84. The summed E-state index contributed by atoms with van der Waals surface area (Å²) in [6, 6.07) is 6.43. The number of carbonyl (C=O) groups excluding carboxylic acids is 1. The van der Waals surface area contributed by atoms with Gasteiger partial charge in [0.15, 0.2) is 6.54 Å². The highest BCUT2D eigenvalue weighted by atomic mass is 19.4. The lowest BCUT2D eigenvalue weighted by molar-refractivity contribution is -0.396. The maximum atomic E-state index is 12.2. The van der Waals surface area contributed by atoms with E-state index in [1.807, 2.05) is 0 Å². The number of rotatable bonds is 7. The average Bonchev–Trinajstić information content (AvgIpc) is 3.41. The largest absolute Gasteiger partial charge is 0.490 e. The molecule has 38 heavy (non-hydrogen) atoms. The van der Waals surface area contributed by atoms with Gasteiger partial charge in [-0.1, -0.05) is 23.2 Å². The van der Waals surface area contributed by atoms with E-state index in [0.717, 1.165) is 44.6 Å². The lowest BCUT2D eigenvalue weighted by atomic mass is 9.96. The van der Waals surface area contributed by atoms with E-state index in [-0.39, 0.29) is 24.0 Å². The second-order valence-electron chi connectivity index (χ2n) is 9.88. The zero-order valence-corrected chi connectivity index (χ0v) is 21.0. The molecule has 1 fully saturated rings. The van der Waals surface area contributed by atoms with Gasteiger partial charge in [0.1, 0.15) is 23.7 Å². The molecule has 1 aromatic carbocycles. The van der Waals surface area contributed by atoms with Crippen LogP contribution >= 0.6 is 0 Å². The third kappa shape index (κ3) is 7.91. The van der Waals surface area contributed by atoms with Crippen molar-refractivity contribution >= 4 is 17.8 Å². The highest BCUT2D eigenvalue weighted by Gasteiger charge is 2.38. The third-order valence-electron chi connectivity index (χ3n) is 6.27. The minimum absolute atomic E-state index is 0.0926. The fourth-order valence-electron chi connectivity index (χ4n) is 4.46. The van der Waals surface area contributed by atoms with Crippen molar-refractivity contribution in [3.8, 4) is 5.75 Å². The van der Waals surface area contributed by atoms with Crippen LogP contribution in [-0.4, -0.2) is 67.8 Å². The molecule has 4 rings (SSSR count). The summed E-state index contributed by atoms with van der Waals surface area (Å²) in [6.45, 7) is 7.57. The quantitative estimate of drug-likeness (QED) is 0.403. The van der Waals surface area contributed by atoms with Crippen LogP contribution in [0.25, 0.3) is 0 Å². The molecule has 0 atom stereocenters. The number of nitrogens with zero attached hydrogens (tertiary/aromatic N) is 4. The second kappa shape index (κ2) is 11.8. The molecule has 1 amide bonds. The molecule has 2 aliphatic heterocycles. The number of carbonyl (C=O) groups is 2. The Kier molecular flexibility index (Phi) is 8.97. The van der Waals surface area contributed by atoms with E-state index in [2.05, 4.69) is 47.2 Å². The lowest BCUT2D eigenvalue weighted by Crippen LogP contribution is -2.39. The Hall–Kier alpha value is -3.68. The lowest BCUT2D eigenvalue weighted by Gasteiger charge is -2.32. The van der Waals surface area contributed by atoms with Gasteiger partial charge in [0.2, 0.25) is 0 Å². The van der Waals surface area contributed by atoms with Gasteiger partial charge in [-0.3, -0.25) is 9.69 Å². The highest BCUT2D eigenvalue weighted by Crippen LogP contribution is 2.38. The van der Waals surface area contributed by atoms with Gasteiger partial charge in [0.05, 0.1) is 0 Å². The van der Waals surface area contributed by atoms with Crippen molar-refractivity contribution in [3.05, 3.63) is 51.8 Å².